The van der Waals surface area contributed by atoms with Gasteiger partial charge in [-0.25, -0.2) is 8.42 Å². The van der Waals surface area contributed by atoms with E-state index in [1.807, 2.05) is 25.7 Å². The normalized spacial score (nSPS) is 24.5. The first kappa shape index (κ1) is 20.1. The van der Waals surface area contributed by atoms with Gasteiger partial charge in [0, 0.05) is 32.1 Å². The van der Waals surface area contributed by atoms with Crippen LogP contribution in [-0.2, 0) is 21.1 Å². The molecule has 2 saturated heterocycles. The number of aryl methyl sites for hydroxylation is 2. The first-order valence-electron chi connectivity index (χ1n) is 9.68. The van der Waals surface area contributed by atoms with E-state index in [2.05, 4.69) is 35.2 Å². The summed E-state index contributed by atoms with van der Waals surface area (Å²) in [6.45, 7) is 8.24. The van der Waals surface area contributed by atoms with E-state index in [4.69, 9.17) is 0 Å². The topological polar surface area (TPSA) is 57.7 Å². The van der Waals surface area contributed by atoms with Crippen molar-refractivity contribution in [3.63, 3.8) is 0 Å². The average Bonchev–Trinajstić information content (AvgIpc) is 2.93. The Bertz CT molecular complexity index is 810. The molecule has 2 unspecified atom stereocenters. The van der Waals surface area contributed by atoms with E-state index in [-0.39, 0.29) is 29.5 Å². The average molecular weight is 391 g/mol. The zero-order chi connectivity index (χ0) is 19.6. The molecule has 1 aromatic carbocycles. The summed E-state index contributed by atoms with van der Waals surface area (Å²) in [6.07, 6.45) is 3.26. The molecule has 2 aliphatic rings. The molecule has 0 aromatic heterocycles. The number of fused-ring (bicyclic) bond motifs is 1. The highest BCUT2D eigenvalue weighted by Crippen LogP contribution is 2.27. The third-order valence-electron chi connectivity index (χ3n) is 5.59. The summed E-state index contributed by atoms with van der Waals surface area (Å²) in [6, 6.07) is 7.94. The Kier molecular flexibility index (Phi) is 6.06. The van der Waals surface area contributed by atoms with Crippen molar-refractivity contribution in [3.8, 4) is 0 Å². The maximum atomic E-state index is 12.9. The summed E-state index contributed by atoms with van der Waals surface area (Å²) in [5, 5.41) is 0. The Labute approximate surface area is 163 Å². The fourth-order valence-corrected chi connectivity index (χ4v) is 6.02. The summed E-state index contributed by atoms with van der Waals surface area (Å²) in [5.41, 5.74) is 3.58. The van der Waals surface area contributed by atoms with Crippen molar-refractivity contribution in [2.75, 3.05) is 31.1 Å². The zero-order valence-electron chi connectivity index (χ0n) is 16.5. The van der Waals surface area contributed by atoms with Gasteiger partial charge in [-0.3, -0.25) is 9.69 Å². The molecular weight excluding hydrogens is 360 g/mol. The van der Waals surface area contributed by atoms with Gasteiger partial charge >= 0.3 is 0 Å². The van der Waals surface area contributed by atoms with Crippen molar-refractivity contribution >= 4 is 15.7 Å². The van der Waals surface area contributed by atoms with Crippen LogP contribution in [-0.4, -0.2) is 67.3 Å². The number of hydrogen-bond acceptors (Lipinski definition) is 4. The molecule has 2 atom stereocenters. The van der Waals surface area contributed by atoms with E-state index in [0.29, 0.717) is 19.4 Å². The molecule has 0 aliphatic carbocycles. The quantitative estimate of drug-likeness (QED) is 0.724. The molecule has 0 spiro atoms. The van der Waals surface area contributed by atoms with Gasteiger partial charge in [0.25, 0.3) is 0 Å². The Hall–Kier alpha value is -1.66. The molecule has 0 bridgehead atoms. The van der Waals surface area contributed by atoms with Crippen molar-refractivity contribution in [3.05, 3.63) is 47.0 Å². The standard InChI is InChI=1S/C21H30N2O3S/c1-16(2)10-11-22-12-13-23(20-15-27(25,26)14-19(20)22)21(24)9-8-18-6-4-17(3)5-7-18/h4-7,10,19-20H,8-9,11-15H2,1-3H3. The van der Waals surface area contributed by atoms with Gasteiger partial charge in [0.05, 0.1) is 17.5 Å². The summed E-state index contributed by atoms with van der Waals surface area (Å²) in [5.74, 6) is 0.333. The lowest BCUT2D eigenvalue weighted by Gasteiger charge is -2.43. The Balaban J connectivity index is 1.68. The molecule has 2 fully saturated rings. The highest BCUT2D eigenvalue weighted by Gasteiger charge is 2.47. The minimum absolute atomic E-state index is 0.0736. The number of benzene rings is 1. The van der Waals surface area contributed by atoms with Crippen LogP contribution in [0.5, 0.6) is 0 Å². The predicted molar refractivity (Wildman–Crippen MR) is 108 cm³/mol. The van der Waals surface area contributed by atoms with Crippen LogP contribution in [0.1, 0.15) is 31.4 Å². The number of sulfone groups is 1. The van der Waals surface area contributed by atoms with E-state index in [9.17, 15) is 13.2 Å². The lowest BCUT2D eigenvalue weighted by Crippen LogP contribution is -2.60. The Morgan fingerprint density at radius 2 is 1.78 bits per heavy atom. The molecule has 6 heteroatoms. The van der Waals surface area contributed by atoms with Gasteiger partial charge in [0.1, 0.15) is 0 Å². The molecule has 2 heterocycles. The van der Waals surface area contributed by atoms with E-state index in [1.165, 1.54) is 11.1 Å². The van der Waals surface area contributed by atoms with Gasteiger partial charge in [-0.05, 0) is 32.8 Å². The fourth-order valence-electron chi connectivity index (χ4n) is 4.01. The van der Waals surface area contributed by atoms with E-state index < -0.39 is 9.84 Å². The van der Waals surface area contributed by atoms with E-state index in [1.54, 1.807) is 0 Å². The number of hydrogen-bond donors (Lipinski definition) is 0. The minimum Gasteiger partial charge on any atom is -0.336 e. The summed E-state index contributed by atoms with van der Waals surface area (Å²) >= 11 is 0. The lowest BCUT2D eigenvalue weighted by atomic mass is 10.0. The molecule has 27 heavy (non-hydrogen) atoms. The molecule has 3 rings (SSSR count). The van der Waals surface area contributed by atoms with Gasteiger partial charge in [-0.2, -0.15) is 0 Å². The van der Waals surface area contributed by atoms with Crippen molar-refractivity contribution in [1.29, 1.82) is 0 Å². The maximum absolute atomic E-state index is 12.9. The maximum Gasteiger partial charge on any atom is 0.223 e. The molecular formula is C21H30N2O3S. The lowest BCUT2D eigenvalue weighted by molar-refractivity contribution is -0.136. The van der Waals surface area contributed by atoms with Gasteiger partial charge in [0.2, 0.25) is 5.91 Å². The Morgan fingerprint density at radius 3 is 2.44 bits per heavy atom. The van der Waals surface area contributed by atoms with Gasteiger partial charge in [-0.1, -0.05) is 41.5 Å². The van der Waals surface area contributed by atoms with Crippen LogP contribution in [0, 0.1) is 6.92 Å². The number of allylic oxidation sites excluding steroid dienone is 1. The molecule has 0 saturated carbocycles. The van der Waals surface area contributed by atoms with Crippen molar-refractivity contribution in [1.82, 2.24) is 9.80 Å². The van der Waals surface area contributed by atoms with E-state index >= 15 is 0 Å². The second kappa shape index (κ2) is 8.15. The van der Waals surface area contributed by atoms with Crippen molar-refractivity contribution in [2.24, 2.45) is 0 Å². The zero-order valence-corrected chi connectivity index (χ0v) is 17.3. The largest absolute Gasteiger partial charge is 0.336 e. The highest BCUT2D eigenvalue weighted by molar-refractivity contribution is 7.91. The molecule has 148 valence electrons. The summed E-state index contributed by atoms with van der Waals surface area (Å²) in [7, 11) is -3.09. The van der Waals surface area contributed by atoms with Crippen LogP contribution in [0.4, 0.5) is 0 Å². The third-order valence-corrected chi connectivity index (χ3v) is 7.29. The van der Waals surface area contributed by atoms with Crippen LogP contribution in [0.25, 0.3) is 0 Å². The first-order valence-corrected chi connectivity index (χ1v) is 11.5. The molecule has 0 radical (unpaired) electrons. The number of carbonyl (C=O) groups excluding carboxylic acids is 1. The summed E-state index contributed by atoms with van der Waals surface area (Å²) in [4.78, 5) is 16.9. The van der Waals surface area contributed by atoms with Gasteiger partial charge in [0.15, 0.2) is 9.84 Å². The number of amides is 1. The van der Waals surface area contributed by atoms with Crippen molar-refractivity contribution < 1.29 is 13.2 Å². The summed E-state index contributed by atoms with van der Waals surface area (Å²) < 4.78 is 24.6. The molecule has 1 amide bonds. The number of rotatable bonds is 5. The van der Waals surface area contributed by atoms with Crippen molar-refractivity contribution in [2.45, 2.75) is 45.7 Å². The second-order valence-electron chi connectivity index (χ2n) is 8.06. The first-order chi connectivity index (χ1) is 12.7. The monoisotopic (exact) mass is 390 g/mol. The van der Waals surface area contributed by atoms with Crippen LogP contribution in [0.15, 0.2) is 35.9 Å². The molecule has 0 N–H and O–H groups in total. The molecule has 5 nitrogen and oxygen atoms in total. The molecule has 1 aromatic rings. The fraction of sp³-hybridized carbons (Fsp3) is 0.571. The predicted octanol–water partition coefficient (Wildman–Crippen LogP) is 2.20. The Morgan fingerprint density at radius 1 is 1.11 bits per heavy atom. The van der Waals surface area contributed by atoms with Crippen LogP contribution in [0.3, 0.4) is 0 Å². The highest BCUT2D eigenvalue weighted by atomic mass is 32.2. The smallest absolute Gasteiger partial charge is 0.223 e. The van der Waals surface area contributed by atoms with Crippen LogP contribution >= 0.6 is 0 Å². The minimum atomic E-state index is -3.09. The van der Waals surface area contributed by atoms with Gasteiger partial charge in [-0.15, -0.1) is 0 Å². The van der Waals surface area contributed by atoms with Crippen LogP contribution in [0.2, 0.25) is 0 Å². The number of carbonyl (C=O) groups is 1. The van der Waals surface area contributed by atoms with Crippen LogP contribution < -0.4 is 0 Å². The number of nitrogens with zero attached hydrogens (tertiary/aromatic N) is 2. The SMILES string of the molecule is CC(C)=CCN1CCN(C(=O)CCc2ccc(C)cc2)C2CS(=O)(=O)CC21. The second-order valence-corrected chi connectivity index (χ2v) is 10.2. The molecule has 2 aliphatic heterocycles. The van der Waals surface area contributed by atoms with E-state index in [0.717, 1.165) is 18.7 Å². The van der Waals surface area contributed by atoms with Gasteiger partial charge < -0.3 is 4.90 Å². The number of piperazine rings is 1. The third kappa shape index (κ3) is 4.99.